The van der Waals surface area contributed by atoms with Crippen molar-refractivity contribution in [3.05, 3.63) is 35.4 Å². The van der Waals surface area contributed by atoms with E-state index in [4.69, 9.17) is 8.94 Å². The van der Waals surface area contributed by atoms with Gasteiger partial charge in [0, 0.05) is 31.2 Å². The molecule has 2 aromatic heterocycles. The fourth-order valence-electron chi connectivity index (χ4n) is 2.79. The molecule has 0 aliphatic heterocycles. The minimum Gasteiger partial charge on any atom is -0.464 e. The average molecular weight is 345 g/mol. The molecule has 0 spiro atoms. The lowest BCUT2D eigenvalue weighted by atomic mass is 9.96. The van der Waals surface area contributed by atoms with Gasteiger partial charge in [-0.2, -0.15) is 4.98 Å². The van der Waals surface area contributed by atoms with Crippen LogP contribution in [0.4, 0.5) is 0 Å². The first-order chi connectivity index (χ1) is 11.7. The van der Waals surface area contributed by atoms with E-state index in [2.05, 4.69) is 17.1 Å². The Morgan fingerprint density at radius 1 is 1.36 bits per heavy atom. The number of nitrogens with zero attached hydrogens (tertiary/aromatic N) is 3. The number of furan rings is 1. The summed E-state index contributed by atoms with van der Waals surface area (Å²) in [6.07, 6.45) is 1.99. The highest BCUT2D eigenvalue weighted by Gasteiger charge is 2.36. The number of amides is 1. The second kappa shape index (κ2) is 6.65. The third kappa shape index (κ3) is 4.30. The first kappa shape index (κ1) is 17.7. The van der Waals surface area contributed by atoms with E-state index in [1.54, 1.807) is 11.9 Å². The number of hydrogen-bond acceptors (Lipinski definition) is 5. The molecule has 3 rings (SSSR count). The van der Waals surface area contributed by atoms with E-state index in [-0.39, 0.29) is 11.3 Å². The van der Waals surface area contributed by atoms with Crippen molar-refractivity contribution < 1.29 is 13.7 Å². The summed E-state index contributed by atoms with van der Waals surface area (Å²) in [6.45, 7) is 8.80. The zero-order valence-corrected chi connectivity index (χ0v) is 15.7. The van der Waals surface area contributed by atoms with Crippen LogP contribution in [0.2, 0.25) is 0 Å². The van der Waals surface area contributed by atoms with Crippen LogP contribution in [0.5, 0.6) is 0 Å². The molecule has 1 fully saturated rings. The summed E-state index contributed by atoms with van der Waals surface area (Å²) in [5.74, 6) is 4.36. The molecule has 0 unspecified atom stereocenters. The van der Waals surface area contributed by atoms with E-state index in [0.29, 0.717) is 42.9 Å². The zero-order chi connectivity index (χ0) is 18.2. The molecule has 0 radical (unpaired) electrons. The lowest BCUT2D eigenvalue weighted by Crippen LogP contribution is -2.26. The molecule has 1 amide bonds. The van der Waals surface area contributed by atoms with Gasteiger partial charge in [0.05, 0.1) is 6.54 Å². The Morgan fingerprint density at radius 2 is 2.08 bits per heavy atom. The second-order valence-corrected chi connectivity index (χ2v) is 8.14. The van der Waals surface area contributed by atoms with E-state index >= 15 is 0 Å². The predicted octanol–water partition coefficient (Wildman–Crippen LogP) is 3.67. The van der Waals surface area contributed by atoms with Crippen molar-refractivity contribution >= 4 is 5.91 Å². The molecular weight excluding hydrogens is 318 g/mol. The van der Waals surface area contributed by atoms with Crippen molar-refractivity contribution in [2.24, 2.45) is 5.92 Å². The first-order valence-corrected chi connectivity index (χ1v) is 8.89. The van der Waals surface area contributed by atoms with Gasteiger partial charge in [-0.15, -0.1) is 0 Å². The number of carbonyl (C=O) groups excluding carboxylic acids is 1. The smallest absolute Gasteiger partial charge is 0.227 e. The summed E-state index contributed by atoms with van der Waals surface area (Å²) in [7, 11) is 1.79. The van der Waals surface area contributed by atoms with E-state index in [9.17, 15) is 4.79 Å². The molecule has 1 aliphatic rings. The third-order valence-corrected chi connectivity index (χ3v) is 4.67. The van der Waals surface area contributed by atoms with Crippen LogP contribution in [0.15, 0.2) is 21.1 Å². The van der Waals surface area contributed by atoms with Crippen molar-refractivity contribution in [1.29, 1.82) is 0 Å². The van der Waals surface area contributed by atoms with Crippen LogP contribution in [-0.2, 0) is 23.2 Å². The van der Waals surface area contributed by atoms with Crippen molar-refractivity contribution in [3.63, 3.8) is 0 Å². The molecule has 0 aromatic carbocycles. The molecule has 2 heterocycles. The number of aryl methyl sites for hydroxylation is 1. The van der Waals surface area contributed by atoms with Crippen molar-refractivity contribution in [2.45, 2.75) is 64.8 Å². The quantitative estimate of drug-likeness (QED) is 0.798. The number of carbonyl (C=O) groups is 1. The molecule has 136 valence electrons. The maximum absolute atomic E-state index is 12.3. The Labute approximate surface area is 148 Å². The topological polar surface area (TPSA) is 72.4 Å². The summed E-state index contributed by atoms with van der Waals surface area (Å²) in [5, 5.41) is 3.98. The highest BCUT2D eigenvalue weighted by atomic mass is 16.5. The van der Waals surface area contributed by atoms with Crippen LogP contribution >= 0.6 is 0 Å². The highest BCUT2D eigenvalue weighted by molar-refractivity contribution is 5.75. The minimum atomic E-state index is -0.154. The van der Waals surface area contributed by atoms with Crippen molar-refractivity contribution in [2.75, 3.05) is 7.05 Å². The molecule has 2 aromatic rings. The third-order valence-electron chi connectivity index (χ3n) is 4.67. The lowest BCUT2D eigenvalue weighted by molar-refractivity contribution is -0.130. The summed E-state index contributed by atoms with van der Waals surface area (Å²) < 4.78 is 11.1. The summed E-state index contributed by atoms with van der Waals surface area (Å²) in [5.41, 5.74) is -0.154. The van der Waals surface area contributed by atoms with Gasteiger partial charge >= 0.3 is 0 Å². The van der Waals surface area contributed by atoms with E-state index in [1.807, 2.05) is 32.9 Å². The summed E-state index contributed by atoms with van der Waals surface area (Å²) >= 11 is 0. The van der Waals surface area contributed by atoms with Gasteiger partial charge < -0.3 is 13.8 Å². The minimum absolute atomic E-state index is 0.0354. The highest BCUT2D eigenvalue weighted by Crippen LogP contribution is 2.47. The molecule has 2 atom stereocenters. The molecular formula is C19H27N3O3. The Balaban J connectivity index is 1.49. The summed E-state index contributed by atoms with van der Waals surface area (Å²) in [6, 6.07) is 4.01. The van der Waals surface area contributed by atoms with Crippen LogP contribution in [0.1, 0.15) is 69.7 Å². The Bertz CT molecular complexity index is 741. The van der Waals surface area contributed by atoms with E-state index in [1.165, 1.54) is 6.42 Å². The van der Waals surface area contributed by atoms with Gasteiger partial charge in [0.25, 0.3) is 0 Å². The predicted molar refractivity (Wildman–Crippen MR) is 93.0 cm³/mol. The molecule has 25 heavy (non-hydrogen) atoms. The normalized spacial score (nSPS) is 19.9. The number of aromatic nitrogens is 2. The maximum atomic E-state index is 12.3. The Morgan fingerprint density at radius 3 is 2.68 bits per heavy atom. The van der Waals surface area contributed by atoms with Crippen LogP contribution in [0, 0.1) is 5.92 Å². The summed E-state index contributed by atoms with van der Waals surface area (Å²) in [4.78, 5) is 18.4. The monoisotopic (exact) mass is 345 g/mol. The van der Waals surface area contributed by atoms with Crippen LogP contribution in [-0.4, -0.2) is 28.0 Å². The van der Waals surface area contributed by atoms with Crippen molar-refractivity contribution in [3.8, 4) is 0 Å². The fourth-order valence-corrected chi connectivity index (χ4v) is 2.79. The average Bonchev–Trinajstić information content (AvgIpc) is 2.95. The Hall–Kier alpha value is -2.11. The molecule has 0 saturated heterocycles. The fraction of sp³-hybridized carbons (Fsp3) is 0.632. The van der Waals surface area contributed by atoms with Gasteiger partial charge in [-0.1, -0.05) is 32.9 Å². The van der Waals surface area contributed by atoms with Gasteiger partial charge in [0.2, 0.25) is 11.8 Å². The Kier molecular flexibility index (Phi) is 4.71. The van der Waals surface area contributed by atoms with Gasteiger partial charge in [0.1, 0.15) is 11.5 Å². The van der Waals surface area contributed by atoms with Crippen LogP contribution in [0.3, 0.4) is 0 Å². The number of hydrogen-bond donors (Lipinski definition) is 0. The van der Waals surface area contributed by atoms with E-state index < -0.39 is 0 Å². The molecule has 6 nitrogen and oxygen atoms in total. The van der Waals surface area contributed by atoms with Crippen LogP contribution < -0.4 is 0 Å². The van der Waals surface area contributed by atoms with Crippen molar-refractivity contribution in [1.82, 2.24) is 15.0 Å². The first-order valence-electron chi connectivity index (χ1n) is 8.89. The largest absolute Gasteiger partial charge is 0.464 e. The zero-order valence-electron chi connectivity index (χ0n) is 15.7. The SMILES string of the molecule is C[C@H]1C[C@@H]1c1ccc(CN(C)C(=O)CCc2nc(C(C)(C)C)no2)o1. The molecule has 1 aliphatic carbocycles. The van der Waals surface area contributed by atoms with Crippen LogP contribution in [0.25, 0.3) is 0 Å². The van der Waals surface area contributed by atoms with Gasteiger partial charge in [-0.05, 0) is 24.5 Å². The van der Waals surface area contributed by atoms with Gasteiger partial charge in [-0.3, -0.25) is 4.79 Å². The second-order valence-electron chi connectivity index (χ2n) is 8.14. The van der Waals surface area contributed by atoms with Gasteiger partial charge in [0.15, 0.2) is 5.82 Å². The maximum Gasteiger partial charge on any atom is 0.227 e. The molecule has 1 saturated carbocycles. The standard InChI is InChI=1S/C19H27N3O3/c1-12-10-14(12)15-7-6-13(24-15)11-22(5)17(23)9-8-16-20-18(21-25-16)19(2,3)4/h6-7,12,14H,8-11H2,1-5H3/t12-,14-/m0/s1. The number of rotatable bonds is 6. The van der Waals surface area contributed by atoms with Gasteiger partial charge in [-0.25, -0.2) is 0 Å². The lowest BCUT2D eigenvalue weighted by Gasteiger charge is -2.15. The van der Waals surface area contributed by atoms with E-state index in [0.717, 1.165) is 11.5 Å². The molecule has 0 bridgehead atoms. The molecule has 0 N–H and O–H groups in total. The molecule has 6 heteroatoms.